The van der Waals surface area contributed by atoms with Gasteiger partial charge in [0.15, 0.2) is 0 Å². The SMILES string of the molecule is Cc1cccc([C@H](C)NC2CCc3cc(Br)ccc3C2)c1. The minimum Gasteiger partial charge on any atom is -0.307 e. The van der Waals surface area contributed by atoms with Crippen LogP contribution in [0.25, 0.3) is 0 Å². The fourth-order valence-electron chi connectivity index (χ4n) is 3.26. The van der Waals surface area contributed by atoms with E-state index in [1.807, 2.05) is 0 Å². The first kappa shape index (κ1) is 14.8. The smallest absolute Gasteiger partial charge is 0.0294 e. The number of aryl methyl sites for hydroxylation is 2. The maximum Gasteiger partial charge on any atom is 0.0294 e. The van der Waals surface area contributed by atoms with E-state index in [1.54, 1.807) is 0 Å². The van der Waals surface area contributed by atoms with E-state index >= 15 is 0 Å². The second kappa shape index (κ2) is 6.33. The monoisotopic (exact) mass is 343 g/mol. The van der Waals surface area contributed by atoms with Gasteiger partial charge >= 0.3 is 0 Å². The van der Waals surface area contributed by atoms with E-state index in [4.69, 9.17) is 0 Å². The molecular formula is C19H22BrN. The molecule has 21 heavy (non-hydrogen) atoms. The quantitative estimate of drug-likeness (QED) is 0.829. The molecular weight excluding hydrogens is 322 g/mol. The molecule has 1 aliphatic rings. The number of hydrogen-bond acceptors (Lipinski definition) is 1. The van der Waals surface area contributed by atoms with Gasteiger partial charge in [0.05, 0.1) is 0 Å². The summed E-state index contributed by atoms with van der Waals surface area (Å²) in [4.78, 5) is 0. The zero-order valence-electron chi connectivity index (χ0n) is 12.7. The maximum absolute atomic E-state index is 3.81. The second-order valence-electron chi connectivity index (χ2n) is 6.16. The number of halogens is 1. The molecule has 0 saturated heterocycles. The number of benzene rings is 2. The lowest BCUT2D eigenvalue weighted by Gasteiger charge is -2.29. The van der Waals surface area contributed by atoms with Crippen molar-refractivity contribution in [2.75, 3.05) is 0 Å². The van der Waals surface area contributed by atoms with Crippen LogP contribution in [-0.2, 0) is 12.8 Å². The summed E-state index contributed by atoms with van der Waals surface area (Å²) in [7, 11) is 0. The third kappa shape index (κ3) is 3.56. The first-order chi connectivity index (χ1) is 10.1. The Morgan fingerprint density at radius 2 is 2.00 bits per heavy atom. The summed E-state index contributed by atoms with van der Waals surface area (Å²) in [5, 5.41) is 3.81. The standard InChI is InChI=1S/C19H22BrN/c1-13-4-3-5-15(10-13)14(2)21-19-9-7-16-11-18(20)8-6-17(16)12-19/h3-6,8,10-11,14,19,21H,7,9,12H2,1-2H3/t14-,19?/m0/s1. The predicted molar refractivity (Wildman–Crippen MR) is 92.7 cm³/mol. The van der Waals surface area contributed by atoms with Crippen molar-refractivity contribution in [1.82, 2.24) is 5.32 Å². The number of nitrogens with one attached hydrogen (secondary N) is 1. The van der Waals surface area contributed by atoms with Crippen LogP contribution in [-0.4, -0.2) is 6.04 Å². The molecule has 0 amide bonds. The lowest BCUT2D eigenvalue weighted by atomic mass is 9.87. The molecule has 2 atom stereocenters. The van der Waals surface area contributed by atoms with E-state index in [9.17, 15) is 0 Å². The van der Waals surface area contributed by atoms with Crippen LogP contribution in [0.4, 0.5) is 0 Å². The maximum atomic E-state index is 3.81. The molecule has 3 rings (SSSR count). The first-order valence-corrected chi connectivity index (χ1v) is 8.51. The van der Waals surface area contributed by atoms with Gasteiger partial charge in [0.2, 0.25) is 0 Å². The van der Waals surface area contributed by atoms with Gasteiger partial charge in [-0.2, -0.15) is 0 Å². The molecule has 0 bridgehead atoms. The summed E-state index contributed by atoms with van der Waals surface area (Å²) in [6.45, 7) is 4.43. The van der Waals surface area contributed by atoms with E-state index in [0.717, 1.165) is 6.42 Å². The van der Waals surface area contributed by atoms with Crippen molar-refractivity contribution in [3.8, 4) is 0 Å². The van der Waals surface area contributed by atoms with Crippen molar-refractivity contribution < 1.29 is 0 Å². The van der Waals surface area contributed by atoms with Crippen molar-refractivity contribution in [1.29, 1.82) is 0 Å². The van der Waals surface area contributed by atoms with Gasteiger partial charge in [0, 0.05) is 16.6 Å². The number of hydrogen-bond donors (Lipinski definition) is 1. The van der Waals surface area contributed by atoms with Gasteiger partial charge in [-0.1, -0.05) is 51.8 Å². The van der Waals surface area contributed by atoms with E-state index < -0.39 is 0 Å². The minimum absolute atomic E-state index is 0.409. The van der Waals surface area contributed by atoms with Crippen LogP contribution in [0, 0.1) is 6.92 Å². The van der Waals surface area contributed by atoms with Crippen LogP contribution in [0.5, 0.6) is 0 Å². The molecule has 2 aromatic carbocycles. The van der Waals surface area contributed by atoms with Crippen molar-refractivity contribution in [2.45, 2.75) is 45.2 Å². The molecule has 0 heterocycles. The van der Waals surface area contributed by atoms with E-state index in [-0.39, 0.29) is 0 Å². The molecule has 0 saturated carbocycles. The van der Waals surface area contributed by atoms with Crippen molar-refractivity contribution in [2.24, 2.45) is 0 Å². The molecule has 2 aromatic rings. The van der Waals surface area contributed by atoms with E-state index in [2.05, 4.69) is 77.6 Å². The minimum atomic E-state index is 0.409. The largest absolute Gasteiger partial charge is 0.307 e. The Labute approximate surface area is 135 Å². The van der Waals surface area contributed by atoms with Crippen LogP contribution >= 0.6 is 15.9 Å². The highest BCUT2D eigenvalue weighted by Gasteiger charge is 2.20. The Hall–Kier alpha value is -1.12. The Morgan fingerprint density at radius 1 is 1.14 bits per heavy atom. The average molecular weight is 344 g/mol. The molecule has 0 aromatic heterocycles. The number of fused-ring (bicyclic) bond motifs is 1. The van der Waals surface area contributed by atoms with Gasteiger partial charge in [-0.15, -0.1) is 0 Å². The molecule has 2 heteroatoms. The Bertz CT molecular complexity index is 635. The van der Waals surface area contributed by atoms with Gasteiger partial charge < -0.3 is 5.32 Å². The third-order valence-corrected chi connectivity index (χ3v) is 4.92. The van der Waals surface area contributed by atoms with Gasteiger partial charge in [-0.25, -0.2) is 0 Å². The average Bonchev–Trinajstić information content (AvgIpc) is 2.47. The van der Waals surface area contributed by atoms with Crippen LogP contribution in [0.15, 0.2) is 46.9 Å². The summed E-state index contributed by atoms with van der Waals surface area (Å²) in [5.74, 6) is 0. The molecule has 1 N–H and O–H groups in total. The summed E-state index contributed by atoms with van der Waals surface area (Å²) < 4.78 is 1.20. The Morgan fingerprint density at radius 3 is 2.81 bits per heavy atom. The highest BCUT2D eigenvalue weighted by atomic mass is 79.9. The molecule has 0 aliphatic heterocycles. The van der Waals surface area contributed by atoms with Crippen molar-refractivity contribution in [3.63, 3.8) is 0 Å². The molecule has 0 spiro atoms. The van der Waals surface area contributed by atoms with Gasteiger partial charge in [-0.3, -0.25) is 0 Å². The van der Waals surface area contributed by atoms with Gasteiger partial charge in [-0.05, 0) is 61.9 Å². The van der Waals surface area contributed by atoms with Crippen LogP contribution in [0.3, 0.4) is 0 Å². The lowest BCUT2D eigenvalue weighted by Crippen LogP contribution is -2.36. The lowest BCUT2D eigenvalue weighted by molar-refractivity contribution is 0.413. The molecule has 110 valence electrons. The van der Waals surface area contributed by atoms with Crippen molar-refractivity contribution >= 4 is 15.9 Å². The first-order valence-electron chi connectivity index (χ1n) is 7.72. The molecule has 0 fully saturated rings. The topological polar surface area (TPSA) is 12.0 Å². The van der Waals surface area contributed by atoms with E-state index in [1.165, 1.54) is 39.6 Å². The van der Waals surface area contributed by atoms with Crippen LogP contribution < -0.4 is 5.32 Å². The van der Waals surface area contributed by atoms with Gasteiger partial charge in [0.1, 0.15) is 0 Å². The predicted octanol–water partition coefficient (Wildman–Crippen LogP) is 4.97. The molecule has 1 aliphatic carbocycles. The molecule has 1 unspecified atom stereocenters. The zero-order chi connectivity index (χ0) is 14.8. The summed E-state index contributed by atoms with van der Waals surface area (Å²) in [6, 6.07) is 16.5. The van der Waals surface area contributed by atoms with Gasteiger partial charge in [0.25, 0.3) is 0 Å². The fourth-order valence-corrected chi connectivity index (χ4v) is 3.66. The third-order valence-electron chi connectivity index (χ3n) is 4.42. The fraction of sp³-hybridized carbons (Fsp3) is 0.368. The summed E-state index contributed by atoms with van der Waals surface area (Å²) in [6.07, 6.45) is 3.53. The normalized spacial score (nSPS) is 19.1. The summed E-state index contributed by atoms with van der Waals surface area (Å²) in [5.41, 5.74) is 5.72. The Kier molecular flexibility index (Phi) is 4.46. The van der Waals surface area contributed by atoms with Crippen LogP contribution in [0.2, 0.25) is 0 Å². The Balaban J connectivity index is 1.68. The highest BCUT2D eigenvalue weighted by Crippen LogP contribution is 2.26. The zero-order valence-corrected chi connectivity index (χ0v) is 14.3. The van der Waals surface area contributed by atoms with Crippen molar-refractivity contribution in [3.05, 3.63) is 69.2 Å². The van der Waals surface area contributed by atoms with E-state index in [0.29, 0.717) is 12.1 Å². The van der Waals surface area contributed by atoms with Crippen LogP contribution in [0.1, 0.15) is 41.6 Å². The highest BCUT2D eigenvalue weighted by molar-refractivity contribution is 9.10. The molecule has 0 radical (unpaired) electrons. The number of rotatable bonds is 3. The molecule has 1 nitrogen and oxygen atoms in total. The summed E-state index contributed by atoms with van der Waals surface area (Å²) >= 11 is 3.57. The second-order valence-corrected chi connectivity index (χ2v) is 7.07.